The lowest BCUT2D eigenvalue weighted by molar-refractivity contribution is -0.404. The zero-order chi connectivity index (χ0) is 13.5. The molecule has 0 aliphatic rings. The molecule has 1 unspecified atom stereocenters. The van der Waals surface area contributed by atoms with Crippen LogP contribution in [0.3, 0.4) is 0 Å². The van der Waals surface area contributed by atoms with Crippen LogP contribution in [0.15, 0.2) is 30.2 Å². The molecule has 0 spiro atoms. The van der Waals surface area contributed by atoms with Gasteiger partial charge in [0.2, 0.25) is 0 Å². The van der Waals surface area contributed by atoms with Gasteiger partial charge in [0, 0.05) is 7.05 Å². The van der Waals surface area contributed by atoms with E-state index in [-0.39, 0.29) is 0 Å². The Bertz CT molecular complexity index is 434. The van der Waals surface area contributed by atoms with Gasteiger partial charge in [-0.3, -0.25) is 10.1 Å². The number of likely N-dealkylation sites (N-methyl/N-ethyl adjacent to an activating group) is 1. The second-order valence-corrected chi connectivity index (χ2v) is 3.84. The summed E-state index contributed by atoms with van der Waals surface area (Å²) < 4.78 is 5.62. The van der Waals surface area contributed by atoms with E-state index in [0.29, 0.717) is 23.0 Å². The molecule has 7 heteroatoms. The Kier molecular flexibility index (Phi) is 5.38. The third-order valence-corrected chi connectivity index (χ3v) is 2.45. The maximum absolute atomic E-state index is 10.5. The maximum Gasteiger partial charge on any atom is 0.257 e. The Morgan fingerprint density at radius 3 is 2.89 bits per heavy atom. The van der Waals surface area contributed by atoms with E-state index in [2.05, 4.69) is 10.3 Å². The van der Waals surface area contributed by atoms with E-state index < -0.39 is 11.0 Å². The molecule has 1 rings (SSSR count). The van der Waals surface area contributed by atoms with Crippen molar-refractivity contribution in [2.45, 2.75) is 19.4 Å². The number of nitrogens with one attached hydrogen (secondary N) is 1. The van der Waals surface area contributed by atoms with Crippen molar-refractivity contribution in [3.05, 3.63) is 45.5 Å². The third kappa shape index (κ3) is 4.21. The number of hydrogen-bond donors (Lipinski definition) is 1. The molecule has 98 valence electrons. The van der Waals surface area contributed by atoms with Crippen LogP contribution in [-0.4, -0.2) is 23.1 Å². The van der Waals surface area contributed by atoms with Crippen molar-refractivity contribution in [1.29, 1.82) is 0 Å². The van der Waals surface area contributed by atoms with Crippen molar-refractivity contribution in [2.24, 2.45) is 0 Å². The van der Waals surface area contributed by atoms with Crippen LogP contribution in [0.1, 0.15) is 13.3 Å². The standard InChI is InChI=1S/C11H14ClN3O3/c1-3-10(9(13-2)7-15(16)17)18-8-4-5-11(12)14-6-8/h4-7,10,13H,3H2,1-2H3. The van der Waals surface area contributed by atoms with E-state index in [1.54, 1.807) is 19.2 Å². The van der Waals surface area contributed by atoms with Crippen molar-refractivity contribution < 1.29 is 9.66 Å². The van der Waals surface area contributed by atoms with E-state index in [1.807, 2.05) is 6.92 Å². The first-order valence-corrected chi connectivity index (χ1v) is 5.75. The number of halogens is 1. The topological polar surface area (TPSA) is 77.3 Å². The fourth-order valence-corrected chi connectivity index (χ4v) is 1.50. The summed E-state index contributed by atoms with van der Waals surface area (Å²) in [7, 11) is 1.61. The van der Waals surface area contributed by atoms with Crippen LogP contribution in [0.2, 0.25) is 5.15 Å². The monoisotopic (exact) mass is 271 g/mol. The van der Waals surface area contributed by atoms with E-state index in [4.69, 9.17) is 16.3 Å². The van der Waals surface area contributed by atoms with Gasteiger partial charge < -0.3 is 10.1 Å². The third-order valence-electron chi connectivity index (χ3n) is 2.23. The number of nitrogens with zero attached hydrogens (tertiary/aromatic N) is 2. The molecule has 1 aromatic heterocycles. The van der Waals surface area contributed by atoms with Gasteiger partial charge in [0.15, 0.2) is 0 Å². The van der Waals surface area contributed by atoms with Crippen molar-refractivity contribution in [3.63, 3.8) is 0 Å². The molecule has 0 amide bonds. The first-order chi connectivity index (χ1) is 8.56. The quantitative estimate of drug-likeness (QED) is 0.488. The Labute approximate surface area is 110 Å². The van der Waals surface area contributed by atoms with Crippen molar-refractivity contribution in [3.8, 4) is 5.75 Å². The molecular weight excluding hydrogens is 258 g/mol. The Balaban J connectivity index is 2.83. The van der Waals surface area contributed by atoms with Crippen LogP contribution in [-0.2, 0) is 0 Å². The van der Waals surface area contributed by atoms with Crippen LogP contribution in [0.4, 0.5) is 0 Å². The molecule has 0 aromatic carbocycles. The number of ether oxygens (including phenoxy) is 1. The minimum Gasteiger partial charge on any atom is -0.482 e. The van der Waals surface area contributed by atoms with Crippen LogP contribution in [0.25, 0.3) is 0 Å². The highest BCUT2D eigenvalue weighted by molar-refractivity contribution is 6.29. The summed E-state index contributed by atoms with van der Waals surface area (Å²) in [4.78, 5) is 13.9. The van der Waals surface area contributed by atoms with Gasteiger partial charge in [0.25, 0.3) is 6.20 Å². The molecule has 0 radical (unpaired) electrons. The van der Waals surface area contributed by atoms with Crippen LogP contribution in [0.5, 0.6) is 5.75 Å². The fraction of sp³-hybridized carbons (Fsp3) is 0.364. The molecule has 18 heavy (non-hydrogen) atoms. The predicted octanol–water partition coefficient (Wildman–Crippen LogP) is 2.23. The Morgan fingerprint density at radius 1 is 1.72 bits per heavy atom. The van der Waals surface area contributed by atoms with Crippen LogP contribution < -0.4 is 10.1 Å². The lowest BCUT2D eigenvalue weighted by Crippen LogP contribution is -2.27. The number of hydrogen-bond acceptors (Lipinski definition) is 5. The highest BCUT2D eigenvalue weighted by Crippen LogP contribution is 2.17. The zero-order valence-electron chi connectivity index (χ0n) is 10.1. The lowest BCUT2D eigenvalue weighted by atomic mass is 10.2. The van der Waals surface area contributed by atoms with Gasteiger partial charge in [0.1, 0.15) is 22.7 Å². The first kappa shape index (κ1) is 14.2. The lowest BCUT2D eigenvalue weighted by Gasteiger charge is -2.18. The summed E-state index contributed by atoms with van der Waals surface area (Å²) in [5.41, 5.74) is 0.400. The molecule has 0 fully saturated rings. The van der Waals surface area contributed by atoms with Crippen molar-refractivity contribution in [1.82, 2.24) is 10.3 Å². The SMILES string of the molecule is CCC(Oc1ccc(Cl)nc1)C(=C[N+](=O)[O-])NC. The van der Waals surface area contributed by atoms with Gasteiger partial charge >= 0.3 is 0 Å². The van der Waals surface area contributed by atoms with Crippen LogP contribution >= 0.6 is 11.6 Å². The van der Waals surface area contributed by atoms with E-state index in [1.165, 1.54) is 6.20 Å². The predicted molar refractivity (Wildman–Crippen MR) is 68.1 cm³/mol. The average Bonchev–Trinajstić information content (AvgIpc) is 2.35. The number of rotatable bonds is 6. The summed E-state index contributed by atoms with van der Waals surface area (Å²) >= 11 is 5.66. The van der Waals surface area contributed by atoms with Crippen molar-refractivity contribution in [2.75, 3.05) is 7.05 Å². The van der Waals surface area contributed by atoms with Gasteiger partial charge in [-0.2, -0.15) is 0 Å². The second-order valence-electron chi connectivity index (χ2n) is 3.45. The highest BCUT2D eigenvalue weighted by Gasteiger charge is 2.16. The summed E-state index contributed by atoms with van der Waals surface area (Å²) in [6, 6.07) is 3.26. The molecule has 0 saturated carbocycles. The zero-order valence-corrected chi connectivity index (χ0v) is 10.8. The molecule has 0 aliphatic carbocycles. The molecule has 0 saturated heterocycles. The normalized spacial score (nSPS) is 12.9. The summed E-state index contributed by atoms with van der Waals surface area (Å²) in [5.74, 6) is 0.510. The molecule has 1 aromatic rings. The second kappa shape index (κ2) is 6.80. The molecule has 1 atom stereocenters. The van der Waals surface area contributed by atoms with E-state index in [0.717, 1.165) is 6.20 Å². The molecular formula is C11H14ClN3O3. The van der Waals surface area contributed by atoms with Gasteiger partial charge in [-0.15, -0.1) is 0 Å². The number of nitro groups is 1. The largest absolute Gasteiger partial charge is 0.482 e. The fourth-order valence-electron chi connectivity index (χ4n) is 1.39. The van der Waals surface area contributed by atoms with Gasteiger partial charge in [-0.25, -0.2) is 4.98 Å². The molecule has 0 bridgehead atoms. The first-order valence-electron chi connectivity index (χ1n) is 5.38. The molecule has 1 N–H and O–H groups in total. The van der Waals surface area contributed by atoms with Gasteiger partial charge in [0.05, 0.1) is 11.1 Å². The van der Waals surface area contributed by atoms with E-state index >= 15 is 0 Å². The Hall–Kier alpha value is -1.82. The van der Waals surface area contributed by atoms with Gasteiger partial charge in [-0.05, 0) is 18.6 Å². The highest BCUT2D eigenvalue weighted by atomic mass is 35.5. The molecule has 6 nitrogen and oxygen atoms in total. The van der Waals surface area contributed by atoms with Crippen molar-refractivity contribution >= 4 is 11.6 Å². The molecule has 1 heterocycles. The maximum atomic E-state index is 10.5. The van der Waals surface area contributed by atoms with Gasteiger partial charge in [-0.1, -0.05) is 18.5 Å². The number of pyridine rings is 1. The minimum atomic E-state index is -0.516. The smallest absolute Gasteiger partial charge is 0.257 e. The average molecular weight is 272 g/mol. The minimum absolute atomic E-state index is 0.366. The summed E-state index contributed by atoms with van der Waals surface area (Å²) in [6.07, 6.45) is 2.54. The summed E-state index contributed by atoms with van der Waals surface area (Å²) in [6.45, 7) is 1.87. The number of aromatic nitrogens is 1. The summed E-state index contributed by atoms with van der Waals surface area (Å²) in [5, 5.41) is 13.6. The van der Waals surface area contributed by atoms with E-state index in [9.17, 15) is 10.1 Å². The Morgan fingerprint density at radius 2 is 2.44 bits per heavy atom. The molecule has 0 aliphatic heterocycles. The van der Waals surface area contributed by atoms with Crippen LogP contribution in [0, 0.1) is 10.1 Å².